The van der Waals surface area contributed by atoms with Crippen molar-refractivity contribution in [2.75, 3.05) is 6.26 Å². The summed E-state index contributed by atoms with van der Waals surface area (Å²) in [6.45, 7) is 0. The zero-order valence-electron chi connectivity index (χ0n) is 9.26. The molecular weight excluding hydrogens is 214 g/mol. The van der Waals surface area contributed by atoms with Crippen molar-refractivity contribution >= 4 is 11.9 Å². The molecule has 2 aromatic carbocycles. The van der Waals surface area contributed by atoms with Crippen molar-refractivity contribution in [1.29, 1.82) is 0 Å². The molecular formula is C14H15NS. The van der Waals surface area contributed by atoms with Crippen LogP contribution in [0.1, 0.15) is 17.2 Å². The standard InChI is InChI=1S/C14H15NS/c1-16-15-14(12-8-4-2-5-9-12)13-10-6-3-7-11-13/h2-11,14-15H,1H3. The molecule has 0 aliphatic heterocycles. The first-order valence-corrected chi connectivity index (χ1v) is 6.52. The van der Waals surface area contributed by atoms with Crippen LogP contribution in [0.15, 0.2) is 60.7 Å². The van der Waals surface area contributed by atoms with Gasteiger partial charge in [-0.25, -0.2) is 0 Å². The number of hydrogen-bond donors (Lipinski definition) is 1. The van der Waals surface area contributed by atoms with E-state index in [1.54, 1.807) is 11.9 Å². The maximum atomic E-state index is 3.43. The first-order valence-electron chi connectivity index (χ1n) is 5.30. The third-order valence-corrected chi connectivity index (χ3v) is 2.97. The highest BCUT2D eigenvalue weighted by Crippen LogP contribution is 2.23. The van der Waals surface area contributed by atoms with Gasteiger partial charge in [-0.1, -0.05) is 72.6 Å². The van der Waals surface area contributed by atoms with E-state index >= 15 is 0 Å². The van der Waals surface area contributed by atoms with Crippen molar-refractivity contribution < 1.29 is 0 Å². The molecule has 0 bridgehead atoms. The molecule has 0 spiro atoms. The number of hydrogen-bond acceptors (Lipinski definition) is 2. The Kier molecular flexibility index (Phi) is 4.03. The predicted molar refractivity (Wildman–Crippen MR) is 71.4 cm³/mol. The van der Waals surface area contributed by atoms with E-state index in [4.69, 9.17) is 0 Å². The minimum Gasteiger partial charge on any atom is -0.252 e. The van der Waals surface area contributed by atoms with Gasteiger partial charge in [0.15, 0.2) is 0 Å². The van der Waals surface area contributed by atoms with Crippen molar-refractivity contribution in [2.45, 2.75) is 6.04 Å². The smallest absolute Gasteiger partial charge is 0.0671 e. The van der Waals surface area contributed by atoms with Crippen LogP contribution >= 0.6 is 11.9 Å². The molecule has 82 valence electrons. The minimum absolute atomic E-state index is 0.261. The second kappa shape index (κ2) is 5.73. The van der Waals surface area contributed by atoms with Gasteiger partial charge in [-0.15, -0.1) is 0 Å². The summed E-state index contributed by atoms with van der Waals surface area (Å²) in [6.07, 6.45) is 2.05. The molecule has 0 aliphatic carbocycles. The molecule has 2 rings (SSSR count). The molecule has 0 saturated heterocycles. The van der Waals surface area contributed by atoms with E-state index in [2.05, 4.69) is 59.5 Å². The number of nitrogens with one attached hydrogen (secondary N) is 1. The molecule has 0 aromatic heterocycles. The monoisotopic (exact) mass is 229 g/mol. The lowest BCUT2D eigenvalue weighted by Gasteiger charge is -2.17. The van der Waals surface area contributed by atoms with Crippen molar-refractivity contribution in [3.05, 3.63) is 71.8 Å². The maximum absolute atomic E-state index is 3.43. The summed E-state index contributed by atoms with van der Waals surface area (Å²) in [5, 5.41) is 0. The highest BCUT2D eigenvalue weighted by Gasteiger charge is 2.11. The van der Waals surface area contributed by atoms with Gasteiger partial charge in [0.05, 0.1) is 6.04 Å². The van der Waals surface area contributed by atoms with Gasteiger partial charge >= 0.3 is 0 Å². The van der Waals surface area contributed by atoms with Gasteiger partial charge < -0.3 is 0 Å². The van der Waals surface area contributed by atoms with Gasteiger partial charge in [0.25, 0.3) is 0 Å². The summed E-state index contributed by atoms with van der Waals surface area (Å²) in [6, 6.07) is 21.3. The Labute approximate surface area is 101 Å². The van der Waals surface area contributed by atoms with Gasteiger partial charge in [-0.2, -0.15) is 0 Å². The first-order chi connectivity index (χ1) is 7.92. The zero-order chi connectivity index (χ0) is 11.2. The van der Waals surface area contributed by atoms with Crippen molar-refractivity contribution in [1.82, 2.24) is 4.72 Å². The quantitative estimate of drug-likeness (QED) is 0.803. The molecule has 0 radical (unpaired) electrons. The van der Waals surface area contributed by atoms with Crippen LogP contribution in [0, 0.1) is 0 Å². The van der Waals surface area contributed by atoms with Crippen LogP contribution in [0.4, 0.5) is 0 Å². The van der Waals surface area contributed by atoms with Gasteiger partial charge in [-0.3, -0.25) is 4.72 Å². The molecule has 2 heteroatoms. The Morgan fingerprint density at radius 1 is 0.812 bits per heavy atom. The molecule has 0 amide bonds. The van der Waals surface area contributed by atoms with Crippen molar-refractivity contribution in [3.8, 4) is 0 Å². The largest absolute Gasteiger partial charge is 0.252 e. The highest BCUT2D eigenvalue weighted by atomic mass is 32.2. The van der Waals surface area contributed by atoms with Crippen LogP contribution in [0.5, 0.6) is 0 Å². The normalized spacial score (nSPS) is 10.6. The van der Waals surface area contributed by atoms with Crippen LogP contribution in [-0.4, -0.2) is 6.26 Å². The van der Waals surface area contributed by atoms with Gasteiger partial charge in [0.2, 0.25) is 0 Å². The first kappa shape index (κ1) is 11.2. The van der Waals surface area contributed by atoms with E-state index in [1.165, 1.54) is 11.1 Å². The fourth-order valence-electron chi connectivity index (χ4n) is 1.74. The third-order valence-electron chi connectivity index (χ3n) is 2.50. The van der Waals surface area contributed by atoms with E-state index in [-0.39, 0.29) is 6.04 Å². The molecule has 0 saturated carbocycles. The number of benzene rings is 2. The van der Waals surface area contributed by atoms with Crippen molar-refractivity contribution in [2.24, 2.45) is 0 Å². The lowest BCUT2D eigenvalue weighted by atomic mass is 10.00. The summed E-state index contributed by atoms with van der Waals surface area (Å²) in [5.74, 6) is 0. The average molecular weight is 229 g/mol. The maximum Gasteiger partial charge on any atom is 0.0671 e. The van der Waals surface area contributed by atoms with E-state index in [1.807, 2.05) is 12.1 Å². The van der Waals surface area contributed by atoms with Crippen LogP contribution < -0.4 is 4.72 Å². The van der Waals surface area contributed by atoms with Gasteiger partial charge in [0.1, 0.15) is 0 Å². The Morgan fingerprint density at radius 3 is 1.62 bits per heavy atom. The van der Waals surface area contributed by atoms with Crippen LogP contribution in [0.25, 0.3) is 0 Å². The lowest BCUT2D eigenvalue weighted by molar-refractivity contribution is 0.805. The molecule has 0 aliphatic rings. The van der Waals surface area contributed by atoms with E-state index in [9.17, 15) is 0 Å². The molecule has 0 fully saturated rings. The van der Waals surface area contributed by atoms with E-state index in [0.29, 0.717) is 0 Å². The Balaban J connectivity index is 2.31. The average Bonchev–Trinajstić information content (AvgIpc) is 2.38. The van der Waals surface area contributed by atoms with E-state index < -0.39 is 0 Å². The lowest BCUT2D eigenvalue weighted by Crippen LogP contribution is -2.14. The predicted octanol–water partition coefficient (Wildman–Crippen LogP) is 3.64. The van der Waals surface area contributed by atoms with Crippen LogP contribution in [0.2, 0.25) is 0 Å². The highest BCUT2D eigenvalue weighted by molar-refractivity contribution is 7.96. The summed E-state index contributed by atoms with van der Waals surface area (Å²) in [5.41, 5.74) is 2.59. The SMILES string of the molecule is CSNC(c1ccccc1)c1ccccc1. The topological polar surface area (TPSA) is 12.0 Å². The molecule has 16 heavy (non-hydrogen) atoms. The molecule has 2 aromatic rings. The minimum atomic E-state index is 0.261. The second-order valence-electron chi connectivity index (χ2n) is 3.58. The van der Waals surface area contributed by atoms with Crippen LogP contribution in [0.3, 0.4) is 0 Å². The fraction of sp³-hybridized carbons (Fsp3) is 0.143. The van der Waals surface area contributed by atoms with Crippen molar-refractivity contribution in [3.63, 3.8) is 0 Å². The van der Waals surface area contributed by atoms with Gasteiger partial charge in [0, 0.05) is 0 Å². The third kappa shape index (κ3) is 2.65. The Bertz CT molecular complexity index is 374. The molecule has 0 atom stereocenters. The molecule has 0 heterocycles. The second-order valence-corrected chi connectivity index (χ2v) is 4.22. The van der Waals surface area contributed by atoms with Gasteiger partial charge in [-0.05, 0) is 17.4 Å². The zero-order valence-corrected chi connectivity index (χ0v) is 10.1. The molecule has 1 nitrogen and oxygen atoms in total. The van der Waals surface area contributed by atoms with E-state index in [0.717, 1.165) is 0 Å². The van der Waals surface area contributed by atoms with Crippen LogP contribution in [-0.2, 0) is 0 Å². The fourth-order valence-corrected chi connectivity index (χ4v) is 2.25. The number of rotatable bonds is 4. The molecule has 0 unspecified atom stereocenters. The summed E-state index contributed by atoms with van der Waals surface area (Å²) >= 11 is 1.65. The summed E-state index contributed by atoms with van der Waals surface area (Å²) in [4.78, 5) is 0. The summed E-state index contributed by atoms with van der Waals surface area (Å²) < 4.78 is 3.43. The Hall–Kier alpha value is -1.25. The Morgan fingerprint density at radius 2 is 1.25 bits per heavy atom. The molecule has 1 N–H and O–H groups in total. The summed E-state index contributed by atoms with van der Waals surface area (Å²) in [7, 11) is 0.